The fraction of sp³-hybridized carbons (Fsp3) is 0.250. The predicted molar refractivity (Wildman–Crippen MR) is 79.6 cm³/mol. The zero-order chi connectivity index (χ0) is 14.1. The summed E-state index contributed by atoms with van der Waals surface area (Å²) in [7, 11) is 0. The molecule has 0 amide bonds. The van der Waals surface area contributed by atoms with Crippen molar-refractivity contribution in [1.29, 1.82) is 0 Å². The van der Waals surface area contributed by atoms with E-state index in [1.165, 1.54) is 0 Å². The van der Waals surface area contributed by atoms with Crippen molar-refractivity contribution in [2.24, 2.45) is 0 Å². The molecule has 4 nitrogen and oxygen atoms in total. The third-order valence-corrected chi connectivity index (χ3v) is 3.39. The molecule has 2 N–H and O–H groups in total. The highest BCUT2D eigenvalue weighted by Crippen LogP contribution is 2.31. The molecule has 1 aromatic carbocycles. The molecule has 0 fully saturated rings. The standard InChI is InChI=1S/C16H17N3O/c1-10-9-14(19-15(17-10)7-8-20)16-11(2)18-13-6-4-3-5-12(13)16/h3-6,9,18,20H,7-8H2,1-2H3. The second kappa shape index (κ2) is 5.06. The average Bonchev–Trinajstić information content (AvgIpc) is 2.74. The van der Waals surface area contributed by atoms with Gasteiger partial charge in [-0.05, 0) is 26.0 Å². The molecular formula is C16H17N3O. The Morgan fingerprint density at radius 3 is 2.75 bits per heavy atom. The molecule has 0 unspecified atom stereocenters. The van der Waals surface area contributed by atoms with Gasteiger partial charge in [0.25, 0.3) is 0 Å². The minimum atomic E-state index is 0.0652. The van der Waals surface area contributed by atoms with Gasteiger partial charge in [-0.25, -0.2) is 9.97 Å². The van der Waals surface area contributed by atoms with Crippen LogP contribution in [0.3, 0.4) is 0 Å². The highest BCUT2D eigenvalue weighted by Gasteiger charge is 2.13. The number of H-pyrrole nitrogens is 1. The first kappa shape index (κ1) is 12.8. The van der Waals surface area contributed by atoms with Gasteiger partial charge in [-0.2, -0.15) is 0 Å². The van der Waals surface area contributed by atoms with Crippen LogP contribution in [-0.4, -0.2) is 26.7 Å². The number of aromatic nitrogens is 3. The van der Waals surface area contributed by atoms with Gasteiger partial charge in [-0.1, -0.05) is 18.2 Å². The van der Waals surface area contributed by atoms with E-state index in [2.05, 4.69) is 34.0 Å². The molecule has 0 bridgehead atoms. The number of fused-ring (bicyclic) bond motifs is 1. The summed E-state index contributed by atoms with van der Waals surface area (Å²) in [6.45, 7) is 4.07. The molecule has 102 valence electrons. The van der Waals surface area contributed by atoms with Gasteiger partial charge in [-0.15, -0.1) is 0 Å². The molecule has 0 atom stereocenters. The molecule has 0 spiro atoms. The van der Waals surface area contributed by atoms with E-state index < -0.39 is 0 Å². The van der Waals surface area contributed by atoms with Crippen molar-refractivity contribution >= 4 is 10.9 Å². The summed E-state index contributed by atoms with van der Waals surface area (Å²) < 4.78 is 0. The summed E-state index contributed by atoms with van der Waals surface area (Å²) in [5.41, 5.74) is 5.16. The zero-order valence-electron chi connectivity index (χ0n) is 11.6. The Bertz CT molecular complexity index is 762. The minimum absolute atomic E-state index is 0.0652. The highest BCUT2D eigenvalue weighted by molar-refractivity contribution is 5.96. The SMILES string of the molecule is Cc1cc(-c2c(C)[nH]c3ccccc23)nc(CCO)n1. The van der Waals surface area contributed by atoms with Crippen molar-refractivity contribution in [3.8, 4) is 11.3 Å². The van der Waals surface area contributed by atoms with Crippen LogP contribution in [0.2, 0.25) is 0 Å². The first-order chi connectivity index (χ1) is 9.69. The Labute approximate surface area is 117 Å². The Balaban J connectivity index is 2.22. The van der Waals surface area contributed by atoms with Gasteiger partial charge < -0.3 is 10.1 Å². The first-order valence-corrected chi connectivity index (χ1v) is 6.72. The lowest BCUT2D eigenvalue weighted by molar-refractivity contribution is 0.296. The van der Waals surface area contributed by atoms with Crippen molar-refractivity contribution < 1.29 is 5.11 Å². The maximum Gasteiger partial charge on any atom is 0.131 e. The van der Waals surface area contributed by atoms with Crippen LogP contribution in [0.25, 0.3) is 22.2 Å². The molecule has 0 aliphatic heterocycles. The zero-order valence-corrected chi connectivity index (χ0v) is 11.6. The summed E-state index contributed by atoms with van der Waals surface area (Å²) in [6.07, 6.45) is 0.482. The molecule has 0 aliphatic rings. The Kier molecular flexibility index (Phi) is 3.24. The van der Waals surface area contributed by atoms with Crippen molar-refractivity contribution in [2.45, 2.75) is 20.3 Å². The number of para-hydroxylation sites is 1. The summed E-state index contributed by atoms with van der Waals surface area (Å²) in [4.78, 5) is 12.3. The lowest BCUT2D eigenvalue weighted by Gasteiger charge is -2.06. The van der Waals surface area contributed by atoms with Gasteiger partial charge in [0, 0.05) is 34.3 Å². The van der Waals surface area contributed by atoms with E-state index in [0.29, 0.717) is 12.2 Å². The van der Waals surface area contributed by atoms with Crippen molar-refractivity contribution in [1.82, 2.24) is 15.0 Å². The Hall–Kier alpha value is -2.20. The van der Waals surface area contributed by atoms with Crippen LogP contribution in [0.5, 0.6) is 0 Å². The molecule has 2 aromatic heterocycles. The second-order valence-electron chi connectivity index (χ2n) is 4.95. The summed E-state index contributed by atoms with van der Waals surface area (Å²) in [5, 5.41) is 10.2. The maximum absolute atomic E-state index is 9.07. The summed E-state index contributed by atoms with van der Waals surface area (Å²) in [5.74, 6) is 0.687. The van der Waals surface area contributed by atoms with E-state index in [-0.39, 0.29) is 6.61 Å². The number of nitrogens with zero attached hydrogens (tertiary/aromatic N) is 2. The van der Waals surface area contributed by atoms with E-state index >= 15 is 0 Å². The van der Waals surface area contributed by atoms with E-state index in [4.69, 9.17) is 5.11 Å². The molecular weight excluding hydrogens is 250 g/mol. The third kappa shape index (κ3) is 2.18. The number of nitrogens with one attached hydrogen (secondary N) is 1. The average molecular weight is 267 g/mol. The molecule has 4 heteroatoms. The quantitative estimate of drug-likeness (QED) is 0.767. The van der Waals surface area contributed by atoms with Gasteiger partial charge in [-0.3, -0.25) is 0 Å². The Morgan fingerprint density at radius 1 is 1.15 bits per heavy atom. The molecule has 0 saturated heterocycles. The van der Waals surface area contributed by atoms with Crippen molar-refractivity contribution in [3.05, 3.63) is 47.5 Å². The monoisotopic (exact) mass is 267 g/mol. The van der Waals surface area contributed by atoms with Crippen LogP contribution in [-0.2, 0) is 6.42 Å². The van der Waals surface area contributed by atoms with E-state index in [1.54, 1.807) is 0 Å². The first-order valence-electron chi connectivity index (χ1n) is 6.72. The lowest BCUT2D eigenvalue weighted by atomic mass is 10.1. The Morgan fingerprint density at radius 2 is 1.95 bits per heavy atom. The second-order valence-corrected chi connectivity index (χ2v) is 4.95. The molecule has 3 rings (SSSR count). The fourth-order valence-electron chi connectivity index (χ4n) is 2.58. The van der Waals surface area contributed by atoms with Gasteiger partial charge in [0.15, 0.2) is 0 Å². The number of rotatable bonds is 3. The van der Waals surface area contributed by atoms with Gasteiger partial charge in [0.05, 0.1) is 12.3 Å². The van der Waals surface area contributed by atoms with Gasteiger partial charge in [0.2, 0.25) is 0 Å². The topological polar surface area (TPSA) is 61.8 Å². The van der Waals surface area contributed by atoms with Crippen LogP contribution in [0.1, 0.15) is 17.2 Å². The largest absolute Gasteiger partial charge is 0.396 e. The molecule has 0 aliphatic carbocycles. The number of benzene rings is 1. The number of aliphatic hydroxyl groups excluding tert-OH is 1. The van der Waals surface area contributed by atoms with Crippen LogP contribution < -0.4 is 0 Å². The van der Waals surface area contributed by atoms with E-state index in [1.807, 2.05) is 25.1 Å². The van der Waals surface area contributed by atoms with Gasteiger partial charge >= 0.3 is 0 Å². The maximum atomic E-state index is 9.07. The van der Waals surface area contributed by atoms with Crippen LogP contribution >= 0.6 is 0 Å². The highest BCUT2D eigenvalue weighted by atomic mass is 16.3. The molecule has 20 heavy (non-hydrogen) atoms. The van der Waals surface area contributed by atoms with Crippen LogP contribution in [0, 0.1) is 13.8 Å². The normalized spacial score (nSPS) is 11.2. The minimum Gasteiger partial charge on any atom is -0.396 e. The number of aromatic amines is 1. The third-order valence-electron chi connectivity index (χ3n) is 3.39. The molecule has 3 aromatic rings. The van der Waals surface area contributed by atoms with Crippen molar-refractivity contribution in [2.75, 3.05) is 6.61 Å². The number of hydrogen-bond donors (Lipinski definition) is 2. The number of aryl methyl sites for hydroxylation is 2. The van der Waals surface area contributed by atoms with Gasteiger partial charge in [0.1, 0.15) is 5.82 Å². The molecule has 0 radical (unpaired) electrons. The van der Waals surface area contributed by atoms with Crippen LogP contribution in [0.15, 0.2) is 30.3 Å². The van der Waals surface area contributed by atoms with E-state index in [0.717, 1.165) is 33.5 Å². The predicted octanol–water partition coefficient (Wildman–Crippen LogP) is 2.78. The van der Waals surface area contributed by atoms with Crippen LogP contribution in [0.4, 0.5) is 0 Å². The summed E-state index contributed by atoms with van der Waals surface area (Å²) >= 11 is 0. The number of hydrogen-bond acceptors (Lipinski definition) is 3. The van der Waals surface area contributed by atoms with Crippen molar-refractivity contribution in [3.63, 3.8) is 0 Å². The smallest absolute Gasteiger partial charge is 0.131 e. The molecule has 0 saturated carbocycles. The number of aliphatic hydroxyl groups is 1. The lowest BCUT2D eigenvalue weighted by Crippen LogP contribution is -2.02. The summed E-state index contributed by atoms with van der Waals surface area (Å²) in [6, 6.07) is 10.2. The van der Waals surface area contributed by atoms with E-state index in [9.17, 15) is 0 Å². The fourth-order valence-corrected chi connectivity index (χ4v) is 2.58. The molecule has 2 heterocycles.